The minimum absolute atomic E-state index is 0.0168. The third-order valence-corrected chi connectivity index (χ3v) is 7.95. The smallest absolute Gasteiger partial charge is 0.253 e. The molecule has 1 fully saturated rings. The number of nitrogens with zero attached hydrogens (tertiary/aromatic N) is 3. The first-order valence-electron chi connectivity index (χ1n) is 13.0. The normalized spacial score (nSPS) is 17.6. The van der Waals surface area contributed by atoms with Crippen LogP contribution in [-0.2, 0) is 16.1 Å². The Morgan fingerprint density at radius 3 is 2.50 bits per heavy atom. The number of thiazole rings is 1. The predicted octanol–water partition coefficient (Wildman–Crippen LogP) is 3.41. The van der Waals surface area contributed by atoms with Crippen LogP contribution in [0.2, 0.25) is 0 Å². The van der Waals surface area contributed by atoms with Gasteiger partial charge in [-0.15, -0.1) is 11.3 Å². The van der Waals surface area contributed by atoms with Crippen LogP contribution in [0.25, 0.3) is 10.4 Å². The Morgan fingerprint density at radius 1 is 1.18 bits per heavy atom. The van der Waals surface area contributed by atoms with Gasteiger partial charge in [-0.05, 0) is 35.6 Å². The van der Waals surface area contributed by atoms with Gasteiger partial charge in [0.15, 0.2) is 0 Å². The van der Waals surface area contributed by atoms with E-state index in [1.165, 1.54) is 17.0 Å². The SMILES string of the molecule is Cc1ncsc1-c1ccc(CNC(=O)[C@@H]2C[C@@H](O)CN2C(=O)C(NC(=O)c2ccccc2C#N)C(C)(C)C)cc1. The Balaban J connectivity index is 1.46. The Kier molecular flexibility index (Phi) is 8.67. The average Bonchev–Trinajstić information content (AvgIpc) is 3.54. The molecule has 2 aromatic carbocycles. The summed E-state index contributed by atoms with van der Waals surface area (Å²) in [4.78, 5) is 46.8. The quantitative estimate of drug-likeness (QED) is 0.406. The van der Waals surface area contributed by atoms with Crippen molar-refractivity contribution in [3.63, 3.8) is 0 Å². The lowest BCUT2D eigenvalue weighted by atomic mass is 9.85. The highest BCUT2D eigenvalue weighted by atomic mass is 32.1. The van der Waals surface area contributed by atoms with Gasteiger partial charge in [0.05, 0.1) is 39.4 Å². The van der Waals surface area contributed by atoms with E-state index in [0.717, 1.165) is 21.7 Å². The highest BCUT2D eigenvalue weighted by molar-refractivity contribution is 7.13. The van der Waals surface area contributed by atoms with Gasteiger partial charge in [0, 0.05) is 19.5 Å². The lowest BCUT2D eigenvalue weighted by Crippen LogP contribution is -2.57. The van der Waals surface area contributed by atoms with E-state index in [1.807, 2.05) is 63.5 Å². The molecule has 0 saturated carbocycles. The number of carbonyl (C=O) groups excluding carboxylic acids is 3. The third kappa shape index (κ3) is 6.38. The number of nitriles is 1. The summed E-state index contributed by atoms with van der Waals surface area (Å²) in [6.45, 7) is 7.64. The van der Waals surface area contributed by atoms with E-state index in [4.69, 9.17) is 0 Å². The van der Waals surface area contributed by atoms with Crippen molar-refractivity contribution in [2.75, 3.05) is 6.54 Å². The number of benzene rings is 2. The molecule has 0 aliphatic carbocycles. The van der Waals surface area contributed by atoms with Crippen LogP contribution < -0.4 is 10.6 Å². The fourth-order valence-electron chi connectivity index (χ4n) is 4.77. The number of hydrogen-bond acceptors (Lipinski definition) is 7. The van der Waals surface area contributed by atoms with Crippen molar-refractivity contribution in [2.45, 2.75) is 58.8 Å². The van der Waals surface area contributed by atoms with E-state index in [0.29, 0.717) is 0 Å². The second kappa shape index (κ2) is 12.0. The number of carbonyl (C=O) groups is 3. The first kappa shape index (κ1) is 28.9. The summed E-state index contributed by atoms with van der Waals surface area (Å²) >= 11 is 1.57. The van der Waals surface area contributed by atoms with Crippen LogP contribution in [-0.4, -0.2) is 57.4 Å². The molecule has 1 unspecified atom stereocenters. The molecule has 10 heteroatoms. The number of rotatable bonds is 7. The molecule has 1 aliphatic heterocycles. The topological polar surface area (TPSA) is 135 Å². The molecule has 9 nitrogen and oxygen atoms in total. The standard InChI is InChI=1S/C30H33N5O4S/c1-18-25(40-17-33-18)20-11-9-19(10-12-20)15-32-28(38)24-13-22(36)16-35(24)29(39)26(30(2,3)4)34-27(37)23-8-6-5-7-21(23)14-31/h5-12,17,22,24,26,36H,13,15-16H2,1-4H3,(H,32,38)(H,34,37)/t22-,24+,26?/m1/s1. The number of likely N-dealkylation sites (tertiary alicyclic amines) is 1. The Morgan fingerprint density at radius 2 is 1.88 bits per heavy atom. The van der Waals surface area contributed by atoms with Crippen molar-refractivity contribution in [1.29, 1.82) is 5.26 Å². The summed E-state index contributed by atoms with van der Waals surface area (Å²) < 4.78 is 0. The molecular formula is C30H33N5O4S. The molecule has 3 aromatic rings. The largest absolute Gasteiger partial charge is 0.391 e. The molecule has 3 N–H and O–H groups in total. The second-order valence-corrected chi connectivity index (χ2v) is 11.9. The van der Waals surface area contributed by atoms with E-state index >= 15 is 0 Å². The summed E-state index contributed by atoms with van der Waals surface area (Å²) in [5.41, 5.74) is 4.38. The van der Waals surface area contributed by atoms with Crippen LogP contribution in [0, 0.1) is 23.7 Å². The van der Waals surface area contributed by atoms with Gasteiger partial charge in [-0.25, -0.2) is 4.98 Å². The summed E-state index contributed by atoms with van der Waals surface area (Å²) in [5.74, 6) is -1.39. The summed E-state index contributed by atoms with van der Waals surface area (Å²) in [5, 5.41) is 25.5. The Labute approximate surface area is 237 Å². The van der Waals surface area contributed by atoms with Gasteiger partial charge in [-0.2, -0.15) is 5.26 Å². The van der Waals surface area contributed by atoms with Gasteiger partial charge in [0.1, 0.15) is 12.1 Å². The van der Waals surface area contributed by atoms with Gasteiger partial charge < -0.3 is 20.6 Å². The number of nitrogens with one attached hydrogen (secondary N) is 2. The van der Waals surface area contributed by atoms with E-state index in [2.05, 4.69) is 15.6 Å². The van der Waals surface area contributed by atoms with Crippen LogP contribution in [0.5, 0.6) is 0 Å². The monoisotopic (exact) mass is 559 g/mol. The highest BCUT2D eigenvalue weighted by Gasteiger charge is 2.44. The van der Waals surface area contributed by atoms with Crippen LogP contribution in [0.3, 0.4) is 0 Å². The van der Waals surface area contributed by atoms with Crippen LogP contribution >= 0.6 is 11.3 Å². The van der Waals surface area contributed by atoms with E-state index in [1.54, 1.807) is 23.5 Å². The second-order valence-electron chi connectivity index (χ2n) is 11.0. The number of β-amino-alcohol motifs (C(OH)–C–C–N with tert-alkyl or cyclic N) is 1. The number of aromatic nitrogens is 1. The zero-order chi connectivity index (χ0) is 29.0. The van der Waals surface area contributed by atoms with Crippen molar-refractivity contribution >= 4 is 29.1 Å². The maximum Gasteiger partial charge on any atom is 0.253 e. The average molecular weight is 560 g/mol. The van der Waals surface area contributed by atoms with Crippen molar-refractivity contribution in [2.24, 2.45) is 5.41 Å². The molecule has 1 aromatic heterocycles. The van der Waals surface area contributed by atoms with E-state index in [9.17, 15) is 24.8 Å². The van der Waals surface area contributed by atoms with Gasteiger partial charge in [-0.1, -0.05) is 57.2 Å². The lowest BCUT2D eigenvalue weighted by Gasteiger charge is -2.35. The van der Waals surface area contributed by atoms with Crippen molar-refractivity contribution in [1.82, 2.24) is 20.5 Å². The molecule has 0 bridgehead atoms. The molecule has 0 spiro atoms. The van der Waals surface area contributed by atoms with Crippen LogP contribution in [0.1, 0.15) is 54.4 Å². The van der Waals surface area contributed by atoms with E-state index < -0.39 is 35.4 Å². The predicted molar refractivity (Wildman–Crippen MR) is 152 cm³/mol. The molecule has 1 saturated heterocycles. The highest BCUT2D eigenvalue weighted by Crippen LogP contribution is 2.28. The van der Waals surface area contributed by atoms with Crippen LogP contribution in [0.4, 0.5) is 0 Å². The number of aryl methyl sites for hydroxylation is 1. The molecule has 40 heavy (non-hydrogen) atoms. The fourth-order valence-corrected chi connectivity index (χ4v) is 5.58. The van der Waals surface area contributed by atoms with Gasteiger partial charge in [-0.3, -0.25) is 14.4 Å². The molecule has 208 valence electrons. The van der Waals surface area contributed by atoms with Gasteiger partial charge in [0.2, 0.25) is 11.8 Å². The Bertz CT molecular complexity index is 1440. The minimum Gasteiger partial charge on any atom is -0.391 e. The summed E-state index contributed by atoms with van der Waals surface area (Å²) in [7, 11) is 0. The molecule has 3 atom stereocenters. The van der Waals surface area contributed by atoms with Crippen molar-refractivity contribution in [3.05, 3.63) is 76.4 Å². The van der Waals surface area contributed by atoms with Gasteiger partial charge in [0.25, 0.3) is 5.91 Å². The molecule has 2 heterocycles. The molecule has 4 rings (SSSR count). The lowest BCUT2D eigenvalue weighted by molar-refractivity contribution is -0.142. The number of aliphatic hydroxyl groups excluding tert-OH is 1. The van der Waals surface area contributed by atoms with Gasteiger partial charge >= 0.3 is 0 Å². The first-order chi connectivity index (χ1) is 19.0. The molecule has 0 radical (unpaired) electrons. The van der Waals surface area contributed by atoms with E-state index in [-0.39, 0.29) is 36.5 Å². The molecule has 1 aliphatic rings. The number of hydrogen-bond donors (Lipinski definition) is 3. The zero-order valence-electron chi connectivity index (χ0n) is 23.0. The third-order valence-electron chi connectivity index (χ3n) is 6.97. The van der Waals surface area contributed by atoms with Crippen molar-refractivity contribution in [3.8, 4) is 16.5 Å². The Hall–Kier alpha value is -4.07. The maximum atomic E-state index is 13.8. The summed E-state index contributed by atoms with van der Waals surface area (Å²) in [6.07, 6.45) is -0.763. The number of aliphatic hydroxyl groups is 1. The molecule has 3 amide bonds. The molecular weight excluding hydrogens is 526 g/mol. The van der Waals surface area contributed by atoms with Crippen molar-refractivity contribution < 1.29 is 19.5 Å². The zero-order valence-corrected chi connectivity index (χ0v) is 23.8. The van der Waals surface area contributed by atoms with Crippen LogP contribution in [0.15, 0.2) is 54.0 Å². The maximum absolute atomic E-state index is 13.8. The minimum atomic E-state index is -0.991. The number of amides is 3. The first-order valence-corrected chi connectivity index (χ1v) is 13.9. The fraction of sp³-hybridized carbons (Fsp3) is 0.367. The summed E-state index contributed by atoms with van der Waals surface area (Å²) in [6, 6.07) is 14.3.